The third kappa shape index (κ3) is 4.78. The molecule has 2 aromatic heterocycles. The Balaban J connectivity index is 1.83. The van der Waals surface area contributed by atoms with Crippen LogP contribution in [0, 0.1) is 6.92 Å². The van der Waals surface area contributed by atoms with Crippen LogP contribution in [0.4, 0.5) is 5.13 Å². The number of fused-ring (bicyclic) bond motifs is 1. The highest BCUT2D eigenvalue weighted by atomic mass is 32.2. The Bertz CT molecular complexity index is 962. The van der Waals surface area contributed by atoms with Crippen LogP contribution in [-0.4, -0.2) is 48.0 Å². The first kappa shape index (κ1) is 20.5. The minimum Gasteiger partial charge on any atom is -0.462 e. The number of carbonyl (C=O) groups excluding carboxylic acids is 1. The van der Waals surface area contributed by atoms with Crippen LogP contribution in [0.25, 0.3) is 10.9 Å². The summed E-state index contributed by atoms with van der Waals surface area (Å²) < 4.78 is 11.1. The summed E-state index contributed by atoms with van der Waals surface area (Å²) in [7, 11) is 1.66. The van der Waals surface area contributed by atoms with Crippen molar-refractivity contribution in [3.63, 3.8) is 0 Å². The second-order valence-electron chi connectivity index (χ2n) is 5.88. The van der Waals surface area contributed by atoms with E-state index in [1.165, 1.54) is 23.1 Å². The number of esters is 1. The number of anilines is 1. The number of benzene rings is 1. The van der Waals surface area contributed by atoms with Gasteiger partial charge >= 0.3 is 5.97 Å². The van der Waals surface area contributed by atoms with Gasteiger partial charge in [-0.3, -0.25) is 4.98 Å². The minimum absolute atomic E-state index is 0.324. The maximum absolute atomic E-state index is 12.6. The van der Waals surface area contributed by atoms with Crippen LogP contribution >= 0.6 is 23.1 Å². The number of hydrogen-bond acceptors (Lipinski definition) is 9. The quantitative estimate of drug-likeness (QED) is 0.318. The number of thioether (sulfide) groups is 1. The van der Waals surface area contributed by atoms with E-state index in [-0.39, 0.29) is 5.97 Å². The molecule has 3 aromatic rings. The van der Waals surface area contributed by atoms with E-state index in [1.807, 2.05) is 31.2 Å². The van der Waals surface area contributed by atoms with Crippen molar-refractivity contribution in [2.24, 2.45) is 0 Å². The second-order valence-corrected chi connectivity index (χ2v) is 8.08. The largest absolute Gasteiger partial charge is 0.462 e. The Labute approximate surface area is 171 Å². The van der Waals surface area contributed by atoms with E-state index in [1.54, 1.807) is 14.0 Å². The second kappa shape index (κ2) is 9.81. The number of rotatable bonds is 9. The van der Waals surface area contributed by atoms with Gasteiger partial charge in [0, 0.05) is 24.8 Å². The monoisotopic (exact) mass is 418 g/mol. The maximum Gasteiger partial charge on any atom is 0.340 e. The molecule has 9 heteroatoms. The Morgan fingerprint density at radius 1 is 1.29 bits per heavy atom. The Morgan fingerprint density at radius 2 is 2.11 bits per heavy atom. The summed E-state index contributed by atoms with van der Waals surface area (Å²) in [6, 6.07) is 7.81. The predicted octanol–water partition coefficient (Wildman–Crippen LogP) is 3.92. The van der Waals surface area contributed by atoms with Crippen LogP contribution < -0.4 is 5.32 Å². The van der Waals surface area contributed by atoms with Crippen LogP contribution in [0.5, 0.6) is 0 Å². The van der Waals surface area contributed by atoms with E-state index in [2.05, 4.69) is 15.5 Å². The van der Waals surface area contributed by atoms with Crippen molar-refractivity contribution >= 4 is 45.1 Å². The number of nitrogens with one attached hydrogen (secondary N) is 1. The number of aryl methyl sites for hydroxylation is 1. The number of methoxy groups -OCH3 is 1. The van der Waals surface area contributed by atoms with Crippen molar-refractivity contribution in [2.75, 3.05) is 32.2 Å². The van der Waals surface area contributed by atoms with Crippen molar-refractivity contribution in [3.8, 4) is 0 Å². The van der Waals surface area contributed by atoms with Gasteiger partial charge in [-0.05, 0) is 25.5 Å². The molecule has 1 aromatic carbocycles. The predicted molar refractivity (Wildman–Crippen MR) is 112 cm³/mol. The number of para-hydroxylation sites is 1. The molecule has 2 heterocycles. The molecule has 0 aliphatic carbocycles. The van der Waals surface area contributed by atoms with Gasteiger partial charge in [0.25, 0.3) is 0 Å². The molecule has 0 amide bonds. The van der Waals surface area contributed by atoms with Crippen LogP contribution in [0.2, 0.25) is 0 Å². The van der Waals surface area contributed by atoms with E-state index < -0.39 is 0 Å². The number of carbonyl (C=O) groups is 1. The minimum atomic E-state index is -0.340. The smallest absolute Gasteiger partial charge is 0.340 e. The van der Waals surface area contributed by atoms with Gasteiger partial charge in [-0.25, -0.2) is 4.79 Å². The number of nitrogens with zero attached hydrogens (tertiary/aromatic N) is 3. The van der Waals surface area contributed by atoms with Crippen molar-refractivity contribution in [1.82, 2.24) is 15.2 Å². The summed E-state index contributed by atoms with van der Waals surface area (Å²) in [6.45, 7) is 5.34. The molecule has 0 spiro atoms. The first-order valence-electron chi connectivity index (χ1n) is 8.88. The molecule has 0 atom stereocenters. The van der Waals surface area contributed by atoms with E-state index in [0.717, 1.165) is 25.9 Å². The van der Waals surface area contributed by atoms with E-state index in [4.69, 9.17) is 14.5 Å². The fraction of sp³-hybridized carbons (Fsp3) is 0.368. The van der Waals surface area contributed by atoms with Crippen molar-refractivity contribution < 1.29 is 14.3 Å². The summed E-state index contributed by atoms with van der Waals surface area (Å²) >= 11 is 2.97. The average molecular weight is 419 g/mol. The highest BCUT2D eigenvalue weighted by Crippen LogP contribution is 2.31. The molecule has 7 nitrogen and oxygen atoms in total. The molecular formula is C19H22N4O3S2. The Kier molecular flexibility index (Phi) is 7.18. The number of pyridine rings is 1. The van der Waals surface area contributed by atoms with Crippen molar-refractivity contribution in [3.05, 3.63) is 41.1 Å². The molecule has 0 aliphatic heterocycles. The highest BCUT2D eigenvalue weighted by molar-refractivity contribution is 8.00. The van der Waals surface area contributed by atoms with Crippen LogP contribution in [0.15, 0.2) is 28.6 Å². The SMILES string of the molecule is CCOC(=O)c1c(CSc2nnc(NCCOC)s2)nc2ccccc2c1C. The van der Waals surface area contributed by atoms with Crippen LogP contribution in [-0.2, 0) is 15.2 Å². The lowest BCUT2D eigenvalue weighted by Gasteiger charge is -2.13. The van der Waals surface area contributed by atoms with E-state index in [9.17, 15) is 4.79 Å². The average Bonchev–Trinajstić information content (AvgIpc) is 3.14. The van der Waals surface area contributed by atoms with Gasteiger partial charge in [0.05, 0.1) is 30.0 Å². The molecule has 0 aliphatic rings. The summed E-state index contributed by atoms with van der Waals surface area (Å²) in [6.07, 6.45) is 0. The summed E-state index contributed by atoms with van der Waals surface area (Å²) in [5.41, 5.74) is 2.99. The molecule has 28 heavy (non-hydrogen) atoms. The Hall–Kier alpha value is -2.23. The first-order valence-corrected chi connectivity index (χ1v) is 10.7. The zero-order chi connectivity index (χ0) is 19.9. The molecular weight excluding hydrogens is 396 g/mol. The zero-order valence-electron chi connectivity index (χ0n) is 16.0. The first-order chi connectivity index (χ1) is 13.6. The fourth-order valence-electron chi connectivity index (χ4n) is 2.75. The zero-order valence-corrected chi connectivity index (χ0v) is 17.7. The van der Waals surface area contributed by atoms with Gasteiger partial charge in [-0.1, -0.05) is 41.3 Å². The molecule has 0 radical (unpaired) electrons. The lowest BCUT2D eigenvalue weighted by molar-refractivity contribution is 0.0524. The van der Waals surface area contributed by atoms with Gasteiger partial charge in [0.1, 0.15) is 0 Å². The van der Waals surface area contributed by atoms with Gasteiger partial charge in [-0.15, -0.1) is 10.2 Å². The third-order valence-electron chi connectivity index (χ3n) is 4.03. The molecule has 0 saturated heterocycles. The van der Waals surface area contributed by atoms with E-state index >= 15 is 0 Å². The summed E-state index contributed by atoms with van der Waals surface area (Å²) in [5.74, 6) is 0.167. The normalized spacial score (nSPS) is 11.0. The maximum atomic E-state index is 12.6. The molecule has 0 fully saturated rings. The van der Waals surface area contributed by atoms with Crippen LogP contribution in [0.3, 0.4) is 0 Å². The van der Waals surface area contributed by atoms with Gasteiger partial charge in [0.2, 0.25) is 5.13 Å². The number of ether oxygens (including phenoxy) is 2. The summed E-state index contributed by atoms with van der Waals surface area (Å²) in [5, 5.41) is 13.2. The molecule has 0 saturated carbocycles. The standard InChI is InChI=1S/C19H22N4O3S2/c1-4-26-17(24)16-12(2)13-7-5-6-8-14(13)21-15(16)11-27-19-23-22-18(28-19)20-9-10-25-3/h5-8H,4,9-11H2,1-3H3,(H,20,22). The van der Waals surface area contributed by atoms with Gasteiger partial charge in [-0.2, -0.15) is 0 Å². The van der Waals surface area contributed by atoms with Gasteiger partial charge in [0.15, 0.2) is 4.34 Å². The molecule has 3 rings (SSSR count). The summed E-state index contributed by atoms with van der Waals surface area (Å²) in [4.78, 5) is 17.3. The fourth-order valence-corrected chi connectivity index (χ4v) is 4.47. The van der Waals surface area contributed by atoms with Crippen molar-refractivity contribution in [1.29, 1.82) is 0 Å². The number of aromatic nitrogens is 3. The molecule has 0 unspecified atom stereocenters. The topological polar surface area (TPSA) is 86.2 Å². The van der Waals surface area contributed by atoms with E-state index in [0.29, 0.717) is 36.8 Å². The molecule has 0 bridgehead atoms. The van der Waals surface area contributed by atoms with Crippen LogP contribution in [0.1, 0.15) is 28.5 Å². The molecule has 1 N–H and O–H groups in total. The lowest BCUT2D eigenvalue weighted by atomic mass is 10.0. The molecule has 148 valence electrons. The lowest BCUT2D eigenvalue weighted by Crippen LogP contribution is -2.12. The van der Waals surface area contributed by atoms with Crippen molar-refractivity contribution in [2.45, 2.75) is 23.9 Å². The highest BCUT2D eigenvalue weighted by Gasteiger charge is 2.20. The third-order valence-corrected chi connectivity index (χ3v) is 6.05. The van der Waals surface area contributed by atoms with Gasteiger partial charge < -0.3 is 14.8 Å². The Morgan fingerprint density at radius 3 is 2.89 bits per heavy atom. The number of hydrogen-bond donors (Lipinski definition) is 1.